The van der Waals surface area contributed by atoms with Crippen LogP contribution in [0.1, 0.15) is 47.3 Å². The molecule has 2 heterocycles. The monoisotopic (exact) mass is 458 g/mol. The van der Waals surface area contributed by atoms with Crippen molar-refractivity contribution < 1.29 is 13.9 Å². The molecule has 34 heavy (non-hydrogen) atoms. The zero-order chi connectivity index (χ0) is 23.3. The van der Waals surface area contributed by atoms with Gasteiger partial charge in [-0.25, -0.2) is 4.98 Å². The van der Waals surface area contributed by atoms with Crippen LogP contribution in [-0.4, -0.2) is 40.0 Å². The SMILES string of the molecule is CCOc1ccc(CN(CCc2c[nH]c3ccccc23)Cc2nc(C(=O)NC3CC3)co2)cc1. The summed E-state index contributed by atoms with van der Waals surface area (Å²) in [6, 6.07) is 16.8. The van der Waals surface area contributed by atoms with Crippen molar-refractivity contribution in [1.29, 1.82) is 0 Å². The summed E-state index contributed by atoms with van der Waals surface area (Å²) in [4.78, 5) is 22.4. The van der Waals surface area contributed by atoms with Crippen molar-refractivity contribution in [3.05, 3.63) is 83.7 Å². The fraction of sp³-hybridized carbons (Fsp3) is 0.333. The Hall–Kier alpha value is -3.58. The number of hydrogen-bond donors (Lipinski definition) is 2. The molecule has 0 aliphatic heterocycles. The molecule has 0 bridgehead atoms. The Bertz CT molecular complexity index is 1240. The molecule has 1 fully saturated rings. The molecule has 7 nitrogen and oxygen atoms in total. The summed E-state index contributed by atoms with van der Waals surface area (Å²) >= 11 is 0. The molecular formula is C27H30N4O3. The molecule has 1 amide bonds. The van der Waals surface area contributed by atoms with Crippen LogP contribution in [0.2, 0.25) is 0 Å². The molecule has 7 heteroatoms. The van der Waals surface area contributed by atoms with Gasteiger partial charge in [-0.15, -0.1) is 0 Å². The van der Waals surface area contributed by atoms with Gasteiger partial charge in [0, 0.05) is 36.2 Å². The number of oxazole rings is 1. The minimum Gasteiger partial charge on any atom is -0.494 e. The second kappa shape index (κ2) is 10.1. The van der Waals surface area contributed by atoms with Crippen molar-refractivity contribution in [2.75, 3.05) is 13.2 Å². The fourth-order valence-corrected chi connectivity index (χ4v) is 4.11. The van der Waals surface area contributed by atoms with Gasteiger partial charge in [-0.05, 0) is 55.5 Å². The summed E-state index contributed by atoms with van der Waals surface area (Å²) < 4.78 is 11.3. The van der Waals surface area contributed by atoms with E-state index in [4.69, 9.17) is 9.15 Å². The number of rotatable bonds is 11. The Morgan fingerprint density at radius 2 is 2.00 bits per heavy atom. The van der Waals surface area contributed by atoms with E-state index >= 15 is 0 Å². The number of nitrogens with one attached hydrogen (secondary N) is 2. The average molecular weight is 459 g/mol. The quantitative estimate of drug-likeness (QED) is 0.341. The van der Waals surface area contributed by atoms with E-state index in [1.54, 1.807) is 0 Å². The van der Waals surface area contributed by atoms with E-state index in [1.807, 2.05) is 25.1 Å². The zero-order valence-electron chi connectivity index (χ0n) is 19.4. The molecule has 1 aliphatic rings. The maximum Gasteiger partial charge on any atom is 0.273 e. The lowest BCUT2D eigenvalue weighted by atomic mass is 10.1. The normalized spacial score (nSPS) is 13.5. The molecule has 2 N–H and O–H groups in total. The molecule has 0 radical (unpaired) electrons. The molecule has 0 atom stereocenters. The van der Waals surface area contributed by atoms with Gasteiger partial charge in [0.1, 0.15) is 12.0 Å². The molecular weight excluding hydrogens is 428 g/mol. The van der Waals surface area contributed by atoms with Gasteiger partial charge in [0.2, 0.25) is 5.89 Å². The smallest absolute Gasteiger partial charge is 0.273 e. The van der Waals surface area contributed by atoms with Crippen LogP contribution >= 0.6 is 0 Å². The second-order valence-corrected chi connectivity index (χ2v) is 8.77. The van der Waals surface area contributed by atoms with E-state index in [9.17, 15) is 4.79 Å². The number of aromatic nitrogens is 2. The summed E-state index contributed by atoms with van der Waals surface area (Å²) in [5.41, 5.74) is 3.96. The lowest BCUT2D eigenvalue weighted by molar-refractivity contribution is 0.0946. The Labute approximate surface area is 199 Å². The van der Waals surface area contributed by atoms with Crippen molar-refractivity contribution in [3.63, 3.8) is 0 Å². The number of para-hydroxylation sites is 1. The van der Waals surface area contributed by atoms with Crippen LogP contribution in [0, 0.1) is 0 Å². The third-order valence-corrected chi connectivity index (χ3v) is 6.07. The molecule has 0 unspecified atom stereocenters. The first-order valence-electron chi connectivity index (χ1n) is 11.9. The van der Waals surface area contributed by atoms with Crippen molar-refractivity contribution in [2.24, 2.45) is 0 Å². The first-order chi connectivity index (χ1) is 16.7. The van der Waals surface area contributed by atoms with Gasteiger partial charge in [0.15, 0.2) is 5.69 Å². The predicted octanol–water partition coefficient (Wildman–Crippen LogP) is 4.69. The highest BCUT2D eigenvalue weighted by molar-refractivity contribution is 5.92. The maximum atomic E-state index is 12.3. The minimum atomic E-state index is -0.158. The predicted molar refractivity (Wildman–Crippen MR) is 131 cm³/mol. The number of nitrogens with zero attached hydrogens (tertiary/aromatic N) is 2. The number of carbonyl (C=O) groups is 1. The van der Waals surface area contributed by atoms with Crippen LogP contribution in [0.5, 0.6) is 5.75 Å². The highest BCUT2D eigenvalue weighted by Crippen LogP contribution is 2.21. The topological polar surface area (TPSA) is 83.4 Å². The number of H-pyrrole nitrogens is 1. The standard InChI is InChI=1S/C27H30N4O3/c1-2-33-22-11-7-19(8-12-22)16-31(14-13-20-15-28-24-6-4-3-5-23(20)24)17-26-30-25(18-34-26)27(32)29-21-9-10-21/h3-8,11-12,15,18,21,28H,2,9-10,13-14,16-17H2,1H3,(H,29,32). The third-order valence-electron chi connectivity index (χ3n) is 6.07. The van der Waals surface area contributed by atoms with Crippen molar-refractivity contribution in [2.45, 2.75) is 45.3 Å². The van der Waals surface area contributed by atoms with Crippen LogP contribution in [-0.2, 0) is 19.5 Å². The van der Waals surface area contributed by atoms with Crippen molar-refractivity contribution in [3.8, 4) is 5.75 Å². The Morgan fingerprint density at radius 3 is 2.79 bits per heavy atom. The van der Waals surface area contributed by atoms with Gasteiger partial charge in [0.25, 0.3) is 5.91 Å². The summed E-state index contributed by atoms with van der Waals surface area (Å²) in [6.45, 7) is 4.71. The molecule has 176 valence electrons. The summed E-state index contributed by atoms with van der Waals surface area (Å²) in [5.74, 6) is 1.26. The van der Waals surface area contributed by atoms with Gasteiger partial charge in [0.05, 0.1) is 13.2 Å². The van der Waals surface area contributed by atoms with E-state index in [1.165, 1.54) is 22.8 Å². The fourth-order valence-electron chi connectivity index (χ4n) is 4.11. The lowest BCUT2D eigenvalue weighted by Gasteiger charge is -2.21. The Balaban J connectivity index is 1.29. The van der Waals surface area contributed by atoms with Crippen LogP contribution < -0.4 is 10.1 Å². The van der Waals surface area contributed by atoms with E-state index in [0.717, 1.165) is 43.6 Å². The van der Waals surface area contributed by atoms with Crippen LogP contribution in [0.3, 0.4) is 0 Å². The molecule has 5 rings (SSSR count). The number of carbonyl (C=O) groups excluding carboxylic acids is 1. The largest absolute Gasteiger partial charge is 0.494 e. The Kier molecular flexibility index (Phi) is 6.62. The van der Waals surface area contributed by atoms with Crippen LogP contribution in [0.25, 0.3) is 10.9 Å². The molecule has 1 saturated carbocycles. The van der Waals surface area contributed by atoms with Crippen LogP contribution in [0.4, 0.5) is 0 Å². The van der Waals surface area contributed by atoms with Gasteiger partial charge in [-0.2, -0.15) is 0 Å². The number of amides is 1. The van der Waals surface area contributed by atoms with Gasteiger partial charge < -0.3 is 19.5 Å². The van der Waals surface area contributed by atoms with Gasteiger partial charge in [-0.1, -0.05) is 30.3 Å². The number of benzene rings is 2. The molecule has 2 aromatic carbocycles. The first-order valence-corrected chi connectivity index (χ1v) is 11.9. The number of fused-ring (bicyclic) bond motifs is 1. The first kappa shape index (κ1) is 22.2. The average Bonchev–Trinajstić information content (AvgIpc) is 3.38. The van der Waals surface area contributed by atoms with E-state index < -0.39 is 0 Å². The van der Waals surface area contributed by atoms with Gasteiger partial charge >= 0.3 is 0 Å². The number of hydrogen-bond acceptors (Lipinski definition) is 5. The summed E-state index contributed by atoms with van der Waals surface area (Å²) in [5, 5.41) is 4.21. The molecule has 0 saturated heterocycles. The summed E-state index contributed by atoms with van der Waals surface area (Å²) in [6.07, 6.45) is 6.52. The highest BCUT2D eigenvalue weighted by Gasteiger charge is 2.25. The van der Waals surface area contributed by atoms with Crippen molar-refractivity contribution >= 4 is 16.8 Å². The molecule has 0 spiro atoms. The molecule has 4 aromatic rings. The maximum absolute atomic E-state index is 12.3. The van der Waals surface area contributed by atoms with Crippen LogP contribution in [0.15, 0.2) is 65.4 Å². The van der Waals surface area contributed by atoms with E-state index in [0.29, 0.717) is 30.8 Å². The second-order valence-electron chi connectivity index (χ2n) is 8.77. The number of aromatic amines is 1. The number of ether oxygens (including phenoxy) is 1. The van der Waals surface area contributed by atoms with Gasteiger partial charge in [-0.3, -0.25) is 9.69 Å². The molecule has 2 aromatic heterocycles. The lowest BCUT2D eigenvalue weighted by Crippen LogP contribution is -2.27. The van der Waals surface area contributed by atoms with Crippen molar-refractivity contribution in [1.82, 2.24) is 20.2 Å². The van der Waals surface area contributed by atoms with E-state index in [-0.39, 0.29) is 5.91 Å². The minimum absolute atomic E-state index is 0.158. The Morgan fingerprint density at radius 1 is 1.18 bits per heavy atom. The highest BCUT2D eigenvalue weighted by atomic mass is 16.5. The van der Waals surface area contributed by atoms with E-state index in [2.05, 4.69) is 56.7 Å². The summed E-state index contributed by atoms with van der Waals surface area (Å²) in [7, 11) is 0. The molecule has 1 aliphatic carbocycles. The zero-order valence-corrected chi connectivity index (χ0v) is 19.4. The third kappa shape index (κ3) is 5.48.